The molecule has 0 bridgehead atoms. The molecule has 0 fully saturated rings. The van der Waals surface area contributed by atoms with Crippen molar-refractivity contribution >= 4 is 32.7 Å². The molecule has 0 saturated carbocycles. The fourth-order valence-corrected chi connectivity index (χ4v) is 4.76. The number of para-hydroxylation sites is 1. The molecule has 7 nitrogen and oxygen atoms in total. The van der Waals surface area contributed by atoms with Crippen molar-refractivity contribution in [3.8, 4) is 16.9 Å². The Balaban J connectivity index is 1.81. The van der Waals surface area contributed by atoms with Crippen LogP contribution in [0.15, 0.2) is 71.6 Å². The second-order valence-electron chi connectivity index (χ2n) is 6.51. The number of rotatable bonds is 5. The van der Waals surface area contributed by atoms with Crippen LogP contribution in [0.25, 0.3) is 11.1 Å². The van der Waals surface area contributed by atoms with Gasteiger partial charge in [-0.3, -0.25) is 4.55 Å². The van der Waals surface area contributed by atoms with Crippen LogP contribution in [0.3, 0.4) is 0 Å². The van der Waals surface area contributed by atoms with Crippen LogP contribution >= 0.6 is 0 Å². The van der Waals surface area contributed by atoms with Gasteiger partial charge in [-0.25, -0.2) is 22.1 Å². The fraction of sp³-hybridized carbons (Fsp3) is 0.100. The Morgan fingerprint density at radius 3 is 2.52 bits per heavy atom. The summed E-state index contributed by atoms with van der Waals surface area (Å²) in [6.45, 7) is 0.653. The molecule has 9 heteroatoms. The molecule has 4 rings (SSSR count). The van der Waals surface area contributed by atoms with E-state index in [1.807, 2.05) is 24.3 Å². The predicted octanol–water partition coefficient (Wildman–Crippen LogP) is 3.21. The molecule has 0 saturated heterocycles. The molecule has 0 spiro atoms. The summed E-state index contributed by atoms with van der Waals surface area (Å²) in [5, 5.41) is 5.30. The highest BCUT2D eigenvalue weighted by Crippen LogP contribution is 2.36. The highest BCUT2D eigenvalue weighted by Gasteiger charge is 2.23. The van der Waals surface area contributed by atoms with E-state index in [2.05, 4.69) is 0 Å². The molecule has 0 radical (unpaired) electrons. The van der Waals surface area contributed by atoms with E-state index in [1.54, 1.807) is 24.3 Å². The number of anilines is 2. The van der Waals surface area contributed by atoms with Crippen molar-refractivity contribution in [2.24, 2.45) is 5.14 Å². The standard InChI is InChI=1S/C20H18N2O5S2/c21-29(25,26)20-7-2-1-6-18(20)22(28(23)24)17-5-3-4-14(13-17)15-8-9-19-16(12-15)10-11-27-19/h1-9,12-13H,10-11H2,(H,23,24)(H2,21,25,26). The lowest BCUT2D eigenvalue weighted by Crippen LogP contribution is -2.23. The number of primary sulfonamides is 1. The summed E-state index contributed by atoms with van der Waals surface area (Å²) in [7, 11) is -4.09. The lowest BCUT2D eigenvalue weighted by atomic mass is 10.0. The zero-order chi connectivity index (χ0) is 20.6. The van der Waals surface area contributed by atoms with E-state index in [-0.39, 0.29) is 10.6 Å². The molecule has 3 aromatic carbocycles. The highest BCUT2D eigenvalue weighted by atomic mass is 32.2. The van der Waals surface area contributed by atoms with Crippen LogP contribution in [0, 0.1) is 0 Å². The highest BCUT2D eigenvalue weighted by molar-refractivity contribution is 7.89. The average Bonchev–Trinajstić information content (AvgIpc) is 3.15. The number of fused-ring (bicyclic) bond motifs is 1. The van der Waals surface area contributed by atoms with Crippen LogP contribution < -0.4 is 14.2 Å². The van der Waals surface area contributed by atoms with Gasteiger partial charge in [-0.2, -0.15) is 0 Å². The molecule has 1 heterocycles. The summed E-state index contributed by atoms with van der Waals surface area (Å²) in [5.74, 6) is 0.866. The van der Waals surface area contributed by atoms with Crippen molar-refractivity contribution in [3.05, 3.63) is 72.3 Å². The minimum absolute atomic E-state index is 0.0235. The van der Waals surface area contributed by atoms with E-state index >= 15 is 0 Å². The van der Waals surface area contributed by atoms with Gasteiger partial charge >= 0.3 is 0 Å². The van der Waals surface area contributed by atoms with E-state index in [0.29, 0.717) is 12.3 Å². The molecule has 150 valence electrons. The molecule has 0 aromatic heterocycles. The average molecular weight is 431 g/mol. The van der Waals surface area contributed by atoms with Crippen LogP contribution in [0.4, 0.5) is 11.4 Å². The normalized spacial score (nSPS) is 14.1. The lowest BCUT2D eigenvalue weighted by molar-refractivity contribution is 0.357. The van der Waals surface area contributed by atoms with E-state index in [1.165, 1.54) is 18.2 Å². The maximum atomic E-state index is 12.2. The largest absolute Gasteiger partial charge is 0.493 e. The third kappa shape index (κ3) is 3.90. The summed E-state index contributed by atoms with van der Waals surface area (Å²) in [4.78, 5) is -0.234. The van der Waals surface area contributed by atoms with Gasteiger partial charge in [0.2, 0.25) is 10.0 Å². The predicted molar refractivity (Wildman–Crippen MR) is 112 cm³/mol. The SMILES string of the molecule is NS(=O)(=O)c1ccccc1N(c1cccc(-c2ccc3c(c2)CCO3)c1)S(=O)O. The maximum absolute atomic E-state index is 12.2. The first kappa shape index (κ1) is 19.6. The van der Waals surface area contributed by atoms with Crippen molar-refractivity contribution < 1.29 is 21.9 Å². The van der Waals surface area contributed by atoms with Gasteiger partial charge in [-0.05, 0) is 53.1 Å². The van der Waals surface area contributed by atoms with Gasteiger partial charge in [0.15, 0.2) is 0 Å². The van der Waals surface area contributed by atoms with Gasteiger partial charge in [0.25, 0.3) is 11.3 Å². The number of sulfonamides is 1. The van der Waals surface area contributed by atoms with E-state index in [4.69, 9.17) is 9.88 Å². The molecule has 0 aliphatic carbocycles. The van der Waals surface area contributed by atoms with Crippen LogP contribution in [0.1, 0.15) is 5.56 Å². The molecule has 1 unspecified atom stereocenters. The Morgan fingerprint density at radius 2 is 1.76 bits per heavy atom. The first-order valence-corrected chi connectivity index (χ1v) is 11.3. The van der Waals surface area contributed by atoms with Crippen molar-refractivity contribution in [1.29, 1.82) is 0 Å². The molecule has 3 N–H and O–H groups in total. The Morgan fingerprint density at radius 1 is 1.00 bits per heavy atom. The third-order valence-electron chi connectivity index (χ3n) is 4.65. The van der Waals surface area contributed by atoms with Gasteiger partial charge < -0.3 is 4.74 Å². The summed E-state index contributed by atoms with van der Waals surface area (Å²) >= 11 is -2.52. The fourth-order valence-electron chi connectivity index (χ4n) is 3.36. The monoisotopic (exact) mass is 430 g/mol. The van der Waals surface area contributed by atoms with Crippen LogP contribution in [0.5, 0.6) is 5.75 Å². The number of benzene rings is 3. The van der Waals surface area contributed by atoms with Gasteiger partial charge in [0, 0.05) is 6.42 Å². The topological polar surface area (TPSA) is 110 Å². The molecule has 29 heavy (non-hydrogen) atoms. The van der Waals surface area contributed by atoms with E-state index in [9.17, 15) is 17.2 Å². The van der Waals surface area contributed by atoms with E-state index < -0.39 is 21.3 Å². The van der Waals surface area contributed by atoms with E-state index in [0.717, 1.165) is 33.2 Å². The number of nitrogens with two attached hydrogens (primary N) is 1. The molecular formula is C20H18N2O5S2. The maximum Gasteiger partial charge on any atom is 0.266 e. The van der Waals surface area contributed by atoms with Crippen molar-refractivity contribution in [2.75, 3.05) is 10.9 Å². The lowest BCUT2D eigenvalue weighted by Gasteiger charge is -2.22. The van der Waals surface area contributed by atoms with Crippen LogP contribution in [0.2, 0.25) is 0 Å². The first-order chi connectivity index (χ1) is 13.8. The summed E-state index contributed by atoms with van der Waals surface area (Å²) < 4.78 is 52.6. The van der Waals surface area contributed by atoms with Crippen molar-refractivity contribution in [2.45, 2.75) is 11.3 Å². The number of ether oxygens (including phenoxy) is 1. The minimum Gasteiger partial charge on any atom is -0.493 e. The summed E-state index contributed by atoms with van der Waals surface area (Å²) in [6, 6.07) is 18.7. The van der Waals surface area contributed by atoms with Gasteiger partial charge in [-0.15, -0.1) is 0 Å². The zero-order valence-corrected chi connectivity index (χ0v) is 16.8. The smallest absolute Gasteiger partial charge is 0.266 e. The molecule has 1 atom stereocenters. The zero-order valence-electron chi connectivity index (χ0n) is 15.2. The number of nitrogens with zero attached hydrogens (tertiary/aromatic N) is 1. The Kier molecular flexibility index (Phi) is 5.13. The summed E-state index contributed by atoms with van der Waals surface area (Å²) in [5.41, 5.74) is 3.24. The molecule has 3 aromatic rings. The second kappa shape index (κ2) is 7.60. The molecule has 0 amide bonds. The summed E-state index contributed by atoms with van der Waals surface area (Å²) in [6.07, 6.45) is 0.831. The van der Waals surface area contributed by atoms with Gasteiger partial charge in [0.05, 0.1) is 18.0 Å². The molecular weight excluding hydrogens is 412 g/mol. The van der Waals surface area contributed by atoms with Gasteiger partial charge in [-0.1, -0.05) is 30.3 Å². The van der Waals surface area contributed by atoms with Crippen molar-refractivity contribution in [3.63, 3.8) is 0 Å². The van der Waals surface area contributed by atoms with Crippen LogP contribution in [-0.4, -0.2) is 23.8 Å². The Bertz CT molecular complexity index is 1210. The quantitative estimate of drug-likeness (QED) is 0.604. The Labute approximate surface area is 171 Å². The second-order valence-corrected chi connectivity index (χ2v) is 8.87. The van der Waals surface area contributed by atoms with Crippen molar-refractivity contribution in [1.82, 2.24) is 0 Å². The third-order valence-corrected chi connectivity index (χ3v) is 6.33. The van der Waals surface area contributed by atoms with Crippen LogP contribution in [-0.2, 0) is 27.7 Å². The molecule has 1 aliphatic rings. The van der Waals surface area contributed by atoms with Gasteiger partial charge in [0.1, 0.15) is 10.6 Å². The number of hydrogen-bond acceptors (Lipinski definition) is 4. The first-order valence-electron chi connectivity index (χ1n) is 8.74. The minimum atomic E-state index is -4.09. The Hall–Kier alpha value is -2.72. The number of hydrogen-bond donors (Lipinski definition) is 2. The molecule has 1 aliphatic heterocycles.